The molecule has 0 spiro atoms. The molecule has 27 heavy (non-hydrogen) atoms. The Kier molecular flexibility index (Phi) is 5.92. The Morgan fingerprint density at radius 3 is 2.52 bits per heavy atom. The Hall–Kier alpha value is -2.25. The van der Waals surface area contributed by atoms with Gasteiger partial charge in [0.1, 0.15) is 0 Å². The molecule has 2 N–H and O–H groups in total. The second-order valence-electron chi connectivity index (χ2n) is 6.56. The number of anilines is 1. The van der Waals surface area contributed by atoms with E-state index in [1.807, 2.05) is 30.3 Å². The number of hydrogen-bond donors (Lipinski definition) is 2. The van der Waals surface area contributed by atoms with Crippen LogP contribution in [0, 0.1) is 11.8 Å². The van der Waals surface area contributed by atoms with E-state index in [9.17, 15) is 18.0 Å². The Bertz CT molecular complexity index is 785. The SMILES string of the molecule is O=C(NNc1cccc(Cl)c1)[C@@H]1CN(Cc2ccccc2)C[C@H]1C(F)(F)F. The average molecular weight is 398 g/mol. The fraction of sp³-hybridized carbons (Fsp3) is 0.316. The molecule has 2 aromatic carbocycles. The van der Waals surface area contributed by atoms with Crippen molar-refractivity contribution in [3.63, 3.8) is 0 Å². The monoisotopic (exact) mass is 397 g/mol. The number of nitrogens with one attached hydrogen (secondary N) is 2. The topological polar surface area (TPSA) is 44.4 Å². The molecular formula is C19H19ClF3N3O. The van der Waals surface area contributed by atoms with Gasteiger partial charge in [0.2, 0.25) is 5.91 Å². The molecule has 2 aromatic rings. The third kappa shape index (κ3) is 5.14. The van der Waals surface area contributed by atoms with Gasteiger partial charge in [-0.2, -0.15) is 13.2 Å². The molecule has 1 aliphatic rings. The molecule has 3 rings (SSSR count). The number of hydrogen-bond acceptors (Lipinski definition) is 3. The standard InChI is InChI=1S/C19H19ClF3N3O/c20-14-7-4-8-15(9-14)24-25-18(27)16-11-26(12-17(16)19(21,22)23)10-13-5-2-1-3-6-13/h1-9,16-17,24H,10-12H2,(H,25,27)/t16-,17-/m1/s1. The minimum absolute atomic E-state index is 0.0438. The molecule has 1 aliphatic heterocycles. The number of rotatable bonds is 5. The highest BCUT2D eigenvalue weighted by Crippen LogP contribution is 2.38. The first-order chi connectivity index (χ1) is 12.8. The molecule has 1 amide bonds. The van der Waals surface area contributed by atoms with Crippen molar-refractivity contribution in [3.8, 4) is 0 Å². The zero-order chi connectivity index (χ0) is 19.4. The number of hydrazine groups is 1. The normalized spacial score (nSPS) is 20.4. The molecule has 0 aliphatic carbocycles. The van der Waals surface area contributed by atoms with Crippen LogP contribution in [0.2, 0.25) is 5.02 Å². The van der Waals surface area contributed by atoms with Gasteiger partial charge in [-0.05, 0) is 23.8 Å². The van der Waals surface area contributed by atoms with Crippen LogP contribution in [-0.4, -0.2) is 30.1 Å². The molecular weight excluding hydrogens is 379 g/mol. The minimum Gasteiger partial charge on any atom is -0.299 e. The predicted molar refractivity (Wildman–Crippen MR) is 98.0 cm³/mol. The molecule has 1 heterocycles. The summed E-state index contributed by atoms with van der Waals surface area (Å²) in [5.74, 6) is -3.57. The van der Waals surface area contributed by atoms with E-state index in [1.54, 1.807) is 29.2 Å². The molecule has 1 saturated heterocycles. The first-order valence-corrected chi connectivity index (χ1v) is 8.85. The van der Waals surface area contributed by atoms with Gasteiger partial charge in [-0.3, -0.25) is 20.5 Å². The lowest BCUT2D eigenvalue weighted by Gasteiger charge is -2.21. The number of benzene rings is 2. The number of likely N-dealkylation sites (tertiary alicyclic amines) is 1. The first kappa shape index (κ1) is 19.5. The second kappa shape index (κ2) is 8.19. The predicted octanol–water partition coefficient (Wildman–Crippen LogP) is 4.09. The third-order valence-corrected chi connectivity index (χ3v) is 4.79. The summed E-state index contributed by atoms with van der Waals surface area (Å²) in [5, 5.41) is 0.456. The van der Waals surface area contributed by atoms with Crippen molar-refractivity contribution in [2.24, 2.45) is 11.8 Å². The summed E-state index contributed by atoms with van der Waals surface area (Å²) in [6, 6.07) is 15.8. The molecule has 0 radical (unpaired) electrons. The van der Waals surface area contributed by atoms with E-state index >= 15 is 0 Å². The number of alkyl halides is 3. The summed E-state index contributed by atoms with van der Waals surface area (Å²) in [6.45, 7) is 0.217. The van der Waals surface area contributed by atoms with Crippen LogP contribution < -0.4 is 10.9 Å². The van der Waals surface area contributed by atoms with Gasteiger partial charge in [0.15, 0.2) is 0 Å². The maximum Gasteiger partial charge on any atom is 0.393 e. The van der Waals surface area contributed by atoms with E-state index < -0.39 is 23.9 Å². The Morgan fingerprint density at radius 2 is 1.85 bits per heavy atom. The molecule has 0 unspecified atom stereocenters. The molecule has 0 bridgehead atoms. The van der Waals surface area contributed by atoms with E-state index in [-0.39, 0.29) is 13.1 Å². The van der Waals surface area contributed by atoms with Crippen molar-refractivity contribution < 1.29 is 18.0 Å². The van der Waals surface area contributed by atoms with Crippen molar-refractivity contribution in [3.05, 3.63) is 65.2 Å². The molecule has 4 nitrogen and oxygen atoms in total. The Labute approximate surface area is 160 Å². The van der Waals surface area contributed by atoms with Crippen molar-refractivity contribution in [1.29, 1.82) is 0 Å². The summed E-state index contributed by atoms with van der Waals surface area (Å²) in [6.07, 6.45) is -4.44. The number of carbonyl (C=O) groups is 1. The zero-order valence-corrected chi connectivity index (χ0v) is 15.1. The van der Waals surface area contributed by atoms with Gasteiger partial charge >= 0.3 is 6.18 Å². The lowest BCUT2D eigenvalue weighted by Crippen LogP contribution is -2.42. The molecule has 144 valence electrons. The van der Waals surface area contributed by atoms with E-state index in [1.165, 1.54) is 0 Å². The largest absolute Gasteiger partial charge is 0.393 e. The summed E-state index contributed by atoms with van der Waals surface area (Å²) in [7, 11) is 0. The lowest BCUT2D eigenvalue weighted by molar-refractivity contribution is -0.183. The maximum atomic E-state index is 13.5. The summed E-state index contributed by atoms with van der Waals surface area (Å²) in [5.41, 5.74) is 6.42. The average Bonchev–Trinajstić information content (AvgIpc) is 3.05. The van der Waals surface area contributed by atoms with Crippen molar-refractivity contribution >= 4 is 23.2 Å². The summed E-state index contributed by atoms with van der Waals surface area (Å²) >= 11 is 5.86. The molecule has 2 atom stereocenters. The Morgan fingerprint density at radius 1 is 1.11 bits per heavy atom. The van der Waals surface area contributed by atoms with Gasteiger partial charge in [-0.1, -0.05) is 48.0 Å². The number of amides is 1. The quantitative estimate of drug-likeness (QED) is 0.747. The fourth-order valence-corrected chi connectivity index (χ4v) is 3.44. The molecule has 1 fully saturated rings. The molecule has 0 saturated carbocycles. The van der Waals surface area contributed by atoms with Gasteiger partial charge in [0.05, 0.1) is 17.5 Å². The number of carbonyl (C=O) groups excluding carboxylic acids is 1. The van der Waals surface area contributed by atoms with E-state index in [0.717, 1.165) is 5.56 Å². The molecule has 0 aromatic heterocycles. The smallest absolute Gasteiger partial charge is 0.299 e. The van der Waals surface area contributed by atoms with E-state index in [4.69, 9.17) is 11.6 Å². The Balaban J connectivity index is 1.66. The van der Waals surface area contributed by atoms with Crippen LogP contribution in [0.25, 0.3) is 0 Å². The number of halogens is 4. The first-order valence-electron chi connectivity index (χ1n) is 8.47. The van der Waals surface area contributed by atoms with Crippen molar-refractivity contribution in [2.45, 2.75) is 12.7 Å². The van der Waals surface area contributed by atoms with Crippen molar-refractivity contribution in [1.82, 2.24) is 10.3 Å². The number of nitrogens with zero attached hydrogens (tertiary/aromatic N) is 1. The summed E-state index contributed by atoms with van der Waals surface area (Å²) in [4.78, 5) is 14.1. The third-order valence-electron chi connectivity index (χ3n) is 4.56. The fourth-order valence-electron chi connectivity index (χ4n) is 3.25. The van der Waals surface area contributed by atoms with E-state index in [2.05, 4.69) is 10.9 Å². The van der Waals surface area contributed by atoms with Crippen LogP contribution in [0.5, 0.6) is 0 Å². The van der Waals surface area contributed by atoms with Crippen molar-refractivity contribution in [2.75, 3.05) is 18.5 Å². The molecule has 8 heteroatoms. The highest BCUT2D eigenvalue weighted by atomic mass is 35.5. The van der Waals surface area contributed by atoms with Gasteiger partial charge < -0.3 is 0 Å². The van der Waals surface area contributed by atoms with Crippen LogP contribution in [0.1, 0.15) is 5.56 Å². The highest BCUT2D eigenvalue weighted by molar-refractivity contribution is 6.30. The van der Waals surface area contributed by atoms with Crippen LogP contribution in [0.15, 0.2) is 54.6 Å². The second-order valence-corrected chi connectivity index (χ2v) is 7.00. The van der Waals surface area contributed by atoms with Crippen LogP contribution in [0.3, 0.4) is 0 Å². The van der Waals surface area contributed by atoms with Gasteiger partial charge in [-0.15, -0.1) is 0 Å². The summed E-state index contributed by atoms with van der Waals surface area (Å²) < 4.78 is 40.4. The van der Waals surface area contributed by atoms with Gasteiger partial charge in [0.25, 0.3) is 0 Å². The minimum atomic E-state index is -4.44. The highest BCUT2D eigenvalue weighted by Gasteiger charge is 2.52. The van der Waals surface area contributed by atoms with Gasteiger partial charge in [-0.25, -0.2) is 0 Å². The van der Waals surface area contributed by atoms with Crippen LogP contribution in [-0.2, 0) is 11.3 Å². The maximum absolute atomic E-state index is 13.5. The lowest BCUT2D eigenvalue weighted by atomic mass is 9.95. The van der Waals surface area contributed by atoms with E-state index in [0.29, 0.717) is 17.3 Å². The van der Waals surface area contributed by atoms with Crippen LogP contribution in [0.4, 0.5) is 18.9 Å². The van der Waals surface area contributed by atoms with Gasteiger partial charge in [0, 0.05) is 24.7 Å². The zero-order valence-electron chi connectivity index (χ0n) is 14.3. The van der Waals surface area contributed by atoms with Crippen LogP contribution >= 0.6 is 11.6 Å².